The first kappa shape index (κ1) is 8.77. The Kier molecular flexibility index (Phi) is 1.71. The molecule has 0 amide bonds. The van der Waals surface area contributed by atoms with E-state index in [4.69, 9.17) is 0 Å². The lowest BCUT2D eigenvalue weighted by atomic mass is 9.61. The van der Waals surface area contributed by atoms with Crippen molar-refractivity contribution in [1.29, 1.82) is 0 Å². The average molecular weight is 168 g/mol. The van der Waals surface area contributed by atoms with Crippen LogP contribution in [0, 0.1) is 5.41 Å². The first-order valence-electron chi connectivity index (χ1n) is 3.52. The SMILES string of the molecule is CC(=O)C1(C(C)=O)C(=O)CC1=O. The Morgan fingerprint density at radius 1 is 1.08 bits per heavy atom. The summed E-state index contributed by atoms with van der Waals surface area (Å²) < 4.78 is 0. The topological polar surface area (TPSA) is 68.3 Å². The van der Waals surface area contributed by atoms with Gasteiger partial charge in [0.15, 0.2) is 23.1 Å². The molecule has 0 atom stereocenters. The van der Waals surface area contributed by atoms with Gasteiger partial charge in [-0.1, -0.05) is 0 Å². The number of carbonyl (C=O) groups is 4. The summed E-state index contributed by atoms with van der Waals surface area (Å²) in [4.78, 5) is 43.9. The van der Waals surface area contributed by atoms with Crippen molar-refractivity contribution in [3.8, 4) is 0 Å². The van der Waals surface area contributed by atoms with Crippen molar-refractivity contribution in [2.45, 2.75) is 20.3 Å². The van der Waals surface area contributed by atoms with Gasteiger partial charge in [0.25, 0.3) is 0 Å². The number of carbonyl (C=O) groups excluding carboxylic acids is 4. The molecule has 0 aromatic heterocycles. The van der Waals surface area contributed by atoms with Crippen LogP contribution < -0.4 is 0 Å². The predicted octanol–water partition coefficient (Wildman–Crippen LogP) is -0.307. The summed E-state index contributed by atoms with van der Waals surface area (Å²) >= 11 is 0. The van der Waals surface area contributed by atoms with Gasteiger partial charge in [-0.25, -0.2) is 0 Å². The van der Waals surface area contributed by atoms with Gasteiger partial charge in [0, 0.05) is 0 Å². The van der Waals surface area contributed by atoms with Crippen LogP contribution >= 0.6 is 0 Å². The van der Waals surface area contributed by atoms with E-state index in [0.29, 0.717) is 0 Å². The van der Waals surface area contributed by atoms with Crippen LogP contribution in [-0.2, 0) is 19.2 Å². The maximum absolute atomic E-state index is 11.0. The Morgan fingerprint density at radius 2 is 1.42 bits per heavy atom. The van der Waals surface area contributed by atoms with Gasteiger partial charge in [0.05, 0.1) is 6.42 Å². The van der Waals surface area contributed by atoms with Crippen molar-refractivity contribution in [3.63, 3.8) is 0 Å². The second-order valence-electron chi connectivity index (χ2n) is 2.89. The van der Waals surface area contributed by atoms with Gasteiger partial charge < -0.3 is 0 Å². The summed E-state index contributed by atoms with van der Waals surface area (Å²) in [5.41, 5.74) is -1.92. The zero-order valence-corrected chi connectivity index (χ0v) is 6.84. The largest absolute Gasteiger partial charge is 0.298 e. The van der Waals surface area contributed by atoms with E-state index in [0.717, 1.165) is 13.8 Å². The minimum atomic E-state index is -1.92. The number of ketones is 4. The summed E-state index contributed by atoms with van der Waals surface area (Å²) in [6.45, 7) is 2.19. The maximum atomic E-state index is 11.0. The number of hydrogen-bond donors (Lipinski definition) is 0. The Morgan fingerprint density at radius 3 is 1.50 bits per heavy atom. The van der Waals surface area contributed by atoms with E-state index in [2.05, 4.69) is 0 Å². The summed E-state index contributed by atoms with van der Waals surface area (Å²) in [6.07, 6.45) is -0.279. The normalized spacial score (nSPS) is 20.2. The van der Waals surface area contributed by atoms with Gasteiger partial charge in [-0.15, -0.1) is 0 Å². The third kappa shape index (κ3) is 0.719. The molecule has 1 rings (SSSR count). The molecule has 4 heteroatoms. The van der Waals surface area contributed by atoms with Crippen molar-refractivity contribution in [2.75, 3.05) is 0 Å². The first-order valence-corrected chi connectivity index (χ1v) is 3.52. The van der Waals surface area contributed by atoms with Gasteiger partial charge in [0.1, 0.15) is 0 Å². The standard InChI is InChI=1S/C8H8O4/c1-4(9)8(5(2)10)6(11)3-7(8)12/h3H2,1-2H3. The van der Waals surface area contributed by atoms with Crippen LogP contribution in [0.4, 0.5) is 0 Å². The summed E-state index contributed by atoms with van der Waals surface area (Å²) in [6, 6.07) is 0. The van der Waals surface area contributed by atoms with Crippen LogP contribution in [0.1, 0.15) is 20.3 Å². The second-order valence-corrected chi connectivity index (χ2v) is 2.89. The summed E-state index contributed by atoms with van der Waals surface area (Å²) in [7, 11) is 0. The van der Waals surface area contributed by atoms with Crippen LogP contribution in [-0.4, -0.2) is 23.1 Å². The molecule has 64 valence electrons. The van der Waals surface area contributed by atoms with E-state index < -0.39 is 28.5 Å². The Balaban J connectivity index is 3.20. The highest BCUT2D eigenvalue weighted by Crippen LogP contribution is 2.35. The minimum absolute atomic E-state index is 0.279. The molecule has 0 heterocycles. The number of Topliss-reactive ketones (excluding diaryl/α,β-unsaturated/α-hetero) is 4. The van der Waals surface area contributed by atoms with E-state index in [9.17, 15) is 19.2 Å². The number of rotatable bonds is 2. The van der Waals surface area contributed by atoms with Crippen molar-refractivity contribution in [2.24, 2.45) is 5.41 Å². The molecule has 0 N–H and O–H groups in total. The van der Waals surface area contributed by atoms with Crippen LogP contribution in [0.15, 0.2) is 0 Å². The van der Waals surface area contributed by atoms with Crippen molar-refractivity contribution in [1.82, 2.24) is 0 Å². The van der Waals surface area contributed by atoms with Crippen molar-refractivity contribution in [3.05, 3.63) is 0 Å². The maximum Gasteiger partial charge on any atom is 0.203 e. The summed E-state index contributed by atoms with van der Waals surface area (Å²) in [5.74, 6) is -2.44. The van der Waals surface area contributed by atoms with Gasteiger partial charge in [-0.05, 0) is 13.8 Å². The third-order valence-corrected chi connectivity index (χ3v) is 2.21. The van der Waals surface area contributed by atoms with Crippen LogP contribution in [0.5, 0.6) is 0 Å². The van der Waals surface area contributed by atoms with Crippen LogP contribution in [0.2, 0.25) is 0 Å². The lowest BCUT2D eigenvalue weighted by molar-refractivity contribution is -0.161. The first-order chi connectivity index (χ1) is 5.44. The van der Waals surface area contributed by atoms with Gasteiger partial charge in [-0.2, -0.15) is 0 Å². The molecule has 1 saturated carbocycles. The lowest BCUT2D eigenvalue weighted by Gasteiger charge is -2.32. The fourth-order valence-corrected chi connectivity index (χ4v) is 1.49. The molecule has 1 fully saturated rings. The average Bonchev–Trinajstić information content (AvgIpc) is 1.84. The molecule has 0 bridgehead atoms. The van der Waals surface area contributed by atoms with Crippen molar-refractivity contribution >= 4 is 23.1 Å². The quantitative estimate of drug-likeness (QED) is 0.530. The molecule has 12 heavy (non-hydrogen) atoms. The highest BCUT2D eigenvalue weighted by atomic mass is 16.2. The molecule has 0 spiro atoms. The highest BCUT2D eigenvalue weighted by Gasteiger charge is 2.61. The Bertz CT molecular complexity index is 251. The van der Waals surface area contributed by atoms with E-state index in [-0.39, 0.29) is 6.42 Å². The highest BCUT2D eigenvalue weighted by molar-refractivity contribution is 6.47. The molecule has 0 unspecified atom stereocenters. The van der Waals surface area contributed by atoms with Crippen LogP contribution in [0.3, 0.4) is 0 Å². The van der Waals surface area contributed by atoms with Gasteiger partial charge in [0.2, 0.25) is 5.41 Å². The summed E-state index contributed by atoms with van der Waals surface area (Å²) in [5, 5.41) is 0. The molecule has 1 aliphatic carbocycles. The fraction of sp³-hybridized carbons (Fsp3) is 0.500. The van der Waals surface area contributed by atoms with E-state index in [1.54, 1.807) is 0 Å². The fourth-order valence-electron chi connectivity index (χ4n) is 1.49. The molecule has 0 radical (unpaired) electrons. The molecule has 0 aliphatic heterocycles. The minimum Gasteiger partial charge on any atom is -0.298 e. The Labute approximate surface area is 68.9 Å². The molecule has 1 aliphatic rings. The van der Waals surface area contributed by atoms with Crippen molar-refractivity contribution < 1.29 is 19.2 Å². The smallest absolute Gasteiger partial charge is 0.203 e. The molecule has 0 saturated heterocycles. The zero-order chi connectivity index (χ0) is 9.52. The van der Waals surface area contributed by atoms with E-state index >= 15 is 0 Å². The molecule has 0 aromatic rings. The zero-order valence-electron chi connectivity index (χ0n) is 6.84. The molecular weight excluding hydrogens is 160 g/mol. The molecule has 4 nitrogen and oxygen atoms in total. The molecule has 0 aromatic carbocycles. The lowest BCUT2D eigenvalue weighted by Crippen LogP contribution is -2.59. The molecular formula is C8H8O4. The van der Waals surface area contributed by atoms with Crippen LogP contribution in [0.25, 0.3) is 0 Å². The van der Waals surface area contributed by atoms with E-state index in [1.807, 2.05) is 0 Å². The predicted molar refractivity (Wildman–Crippen MR) is 38.4 cm³/mol. The Hall–Kier alpha value is -1.32. The van der Waals surface area contributed by atoms with Gasteiger partial charge in [-0.3, -0.25) is 19.2 Å². The monoisotopic (exact) mass is 168 g/mol. The third-order valence-electron chi connectivity index (χ3n) is 2.21. The number of hydrogen-bond acceptors (Lipinski definition) is 4. The van der Waals surface area contributed by atoms with Gasteiger partial charge >= 0.3 is 0 Å². The second kappa shape index (κ2) is 2.33. The van der Waals surface area contributed by atoms with E-state index in [1.165, 1.54) is 0 Å².